The summed E-state index contributed by atoms with van der Waals surface area (Å²) in [6, 6.07) is 0. The summed E-state index contributed by atoms with van der Waals surface area (Å²) >= 11 is 0. The molecule has 0 bridgehead atoms. The predicted octanol–water partition coefficient (Wildman–Crippen LogP) is -1.14. The van der Waals surface area contributed by atoms with Crippen molar-refractivity contribution in [3.8, 4) is 0 Å². The molecule has 18 heavy (non-hydrogen) atoms. The van der Waals surface area contributed by atoms with Crippen LogP contribution in [0.25, 0.3) is 0 Å². The van der Waals surface area contributed by atoms with Crippen LogP contribution in [0.5, 0.6) is 0 Å². The largest absolute Gasteiger partial charge is 0.481 e. The Morgan fingerprint density at radius 3 is 2.56 bits per heavy atom. The van der Waals surface area contributed by atoms with Gasteiger partial charge in [-0.2, -0.15) is 0 Å². The van der Waals surface area contributed by atoms with Crippen LogP contribution in [-0.2, 0) is 19.6 Å². The monoisotopic (exact) mass is 276 g/mol. The number of carbonyl (C=O) groups excluding carboxylic acids is 1. The van der Waals surface area contributed by atoms with Crippen LogP contribution < -0.4 is 5.32 Å². The zero-order valence-corrected chi connectivity index (χ0v) is 10.6. The molecular formula is C10H16N2O5S. The molecule has 2 aliphatic rings. The number of nitrogens with zero attached hydrogens (tertiary/aromatic N) is 1. The van der Waals surface area contributed by atoms with Crippen LogP contribution in [0.3, 0.4) is 0 Å². The number of amides is 1. The number of hydrogen-bond acceptors (Lipinski definition) is 4. The van der Waals surface area contributed by atoms with Crippen molar-refractivity contribution in [1.82, 2.24) is 9.62 Å². The molecule has 2 N–H and O–H groups in total. The van der Waals surface area contributed by atoms with E-state index in [1.165, 1.54) is 4.31 Å². The second-order valence-corrected chi connectivity index (χ2v) is 6.74. The van der Waals surface area contributed by atoms with Gasteiger partial charge in [-0.1, -0.05) is 0 Å². The van der Waals surface area contributed by atoms with E-state index in [1.54, 1.807) is 0 Å². The third-order valence-corrected chi connectivity index (χ3v) is 5.26. The van der Waals surface area contributed by atoms with E-state index in [2.05, 4.69) is 5.32 Å². The number of aliphatic carboxylic acids is 1. The first-order valence-electron chi connectivity index (χ1n) is 5.90. The van der Waals surface area contributed by atoms with E-state index >= 15 is 0 Å². The highest BCUT2D eigenvalue weighted by Crippen LogP contribution is 2.38. The first kappa shape index (κ1) is 13.3. The Balaban J connectivity index is 1.70. The molecular weight excluding hydrogens is 260 g/mol. The molecule has 2 unspecified atom stereocenters. The lowest BCUT2D eigenvalue weighted by atomic mass is 10.3. The van der Waals surface area contributed by atoms with Gasteiger partial charge in [0.2, 0.25) is 15.9 Å². The van der Waals surface area contributed by atoms with Gasteiger partial charge in [0, 0.05) is 19.6 Å². The highest BCUT2D eigenvalue weighted by molar-refractivity contribution is 7.89. The van der Waals surface area contributed by atoms with Gasteiger partial charge in [0.25, 0.3) is 0 Å². The van der Waals surface area contributed by atoms with Crippen LogP contribution in [0.4, 0.5) is 0 Å². The number of carboxylic acids is 1. The highest BCUT2D eigenvalue weighted by Gasteiger charge is 2.48. The molecule has 1 amide bonds. The summed E-state index contributed by atoms with van der Waals surface area (Å²) in [4.78, 5) is 22.1. The number of carboxylic acid groups (broad SMARTS) is 1. The van der Waals surface area contributed by atoms with Crippen molar-refractivity contribution in [3.63, 3.8) is 0 Å². The SMILES string of the molecule is O=C(O)C1CC1C(=O)NCCN1CCCS1(=O)=O. The molecule has 2 rings (SSSR count). The molecule has 0 aromatic carbocycles. The summed E-state index contributed by atoms with van der Waals surface area (Å²) in [5.74, 6) is -2.08. The Bertz CT molecular complexity index is 461. The summed E-state index contributed by atoms with van der Waals surface area (Å²) < 4.78 is 24.3. The van der Waals surface area contributed by atoms with Crippen LogP contribution in [0, 0.1) is 11.8 Å². The zero-order chi connectivity index (χ0) is 13.3. The normalized spacial score (nSPS) is 30.0. The molecule has 0 aromatic rings. The van der Waals surface area contributed by atoms with Crippen molar-refractivity contribution < 1.29 is 23.1 Å². The fourth-order valence-electron chi connectivity index (χ4n) is 2.13. The lowest BCUT2D eigenvalue weighted by Gasteiger charge is -2.14. The molecule has 0 spiro atoms. The Morgan fingerprint density at radius 1 is 1.33 bits per heavy atom. The van der Waals surface area contributed by atoms with Crippen LogP contribution in [0.2, 0.25) is 0 Å². The first-order valence-corrected chi connectivity index (χ1v) is 7.51. The average molecular weight is 276 g/mol. The summed E-state index contributed by atoms with van der Waals surface area (Å²) in [5, 5.41) is 11.3. The van der Waals surface area contributed by atoms with Crippen LogP contribution in [0.15, 0.2) is 0 Å². The van der Waals surface area contributed by atoms with E-state index in [1.807, 2.05) is 0 Å². The van der Waals surface area contributed by atoms with Crippen LogP contribution in [-0.4, -0.2) is 55.1 Å². The van der Waals surface area contributed by atoms with Crippen LogP contribution >= 0.6 is 0 Å². The minimum absolute atomic E-state index is 0.171. The summed E-state index contributed by atoms with van der Waals surface area (Å²) in [6.45, 7) is 0.999. The lowest BCUT2D eigenvalue weighted by Crippen LogP contribution is -2.36. The minimum atomic E-state index is -3.13. The van der Waals surface area contributed by atoms with Gasteiger partial charge in [0.05, 0.1) is 17.6 Å². The van der Waals surface area contributed by atoms with E-state index in [-0.39, 0.29) is 24.7 Å². The Labute approximate surface area is 105 Å². The van der Waals surface area contributed by atoms with Gasteiger partial charge in [-0.3, -0.25) is 9.59 Å². The van der Waals surface area contributed by atoms with E-state index < -0.39 is 27.8 Å². The number of hydrogen-bond donors (Lipinski definition) is 2. The smallest absolute Gasteiger partial charge is 0.307 e. The molecule has 1 aliphatic heterocycles. The fraction of sp³-hybridized carbons (Fsp3) is 0.800. The Hall–Kier alpha value is -1.15. The molecule has 1 saturated heterocycles. The fourth-order valence-corrected chi connectivity index (χ4v) is 3.66. The highest BCUT2D eigenvalue weighted by atomic mass is 32.2. The number of rotatable bonds is 5. The van der Waals surface area contributed by atoms with E-state index in [0.29, 0.717) is 19.4 Å². The van der Waals surface area contributed by atoms with Gasteiger partial charge in [0.15, 0.2) is 0 Å². The third-order valence-electron chi connectivity index (χ3n) is 3.31. The molecule has 2 fully saturated rings. The second kappa shape index (κ2) is 4.85. The molecule has 102 valence electrons. The van der Waals surface area contributed by atoms with Gasteiger partial charge in [-0.05, 0) is 12.8 Å². The van der Waals surface area contributed by atoms with Crippen molar-refractivity contribution in [2.45, 2.75) is 12.8 Å². The lowest BCUT2D eigenvalue weighted by molar-refractivity contribution is -0.140. The molecule has 0 radical (unpaired) electrons. The molecule has 7 nitrogen and oxygen atoms in total. The zero-order valence-electron chi connectivity index (χ0n) is 9.83. The maximum Gasteiger partial charge on any atom is 0.307 e. The quantitative estimate of drug-likeness (QED) is 0.660. The topological polar surface area (TPSA) is 104 Å². The Kier molecular flexibility index (Phi) is 3.58. The van der Waals surface area contributed by atoms with Gasteiger partial charge < -0.3 is 10.4 Å². The number of nitrogens with one attached hydrogen (secondary N) is 1. The van der Waals surface area contributed by atoms with Gasteiger partial charge >= 0.3 is 5.97 Å². The second-order valence-electron chi connectivity index (χ2n) is 4.65. The minimum Gasteiger partial charge on any atom is -0.481 e. The van der Waals surface area contributed by atoms with Crippen molar-refractivity contribution in [1.29, 1.82) is 0 Å². The third kappa shape index (κ3) is 2.81. The standard InChI is InChI=1S/C10H16N2O5S/c13-9(7-6-8(7)10(14)15)11-2-4-12-3-1-5-18(12,16)17/h7-8H,1-6H2,(H,11,13)(H,14,15). The first-order chi connectivity index (χ1) is 8.42. The molecule has 1 aliphatic carbocycles. The van der Waals surface area contributed by atoms with Crippen molar-refractivity contribution in [2.75, 3.05) is 25.4 Å². The number of sulfonamides is 1. The van der Waals surface area contributed by atoms with E-state index in [4.69, 9.17) is 5.11 Å². The summed E-state index contributed by atoms with van der Waals surface area (Å²) in [6.07, 6.45) is 1.00. The molecule has 2 atom stereocenters. The summed E-state index contributed by atoms with van der Waals surface area (Å²) in [5.41, 5.74) is 0. The number of carbonyl (C=O) groups is 2. The van der Waals surface area contributed by atoms with Gasteiger partial charge in [0.1, 0.15) is 0 Å². The molecule has 0 aromatic heterocycles. The van der Waals surface area contributed by atoms with Crippen molar-refractivity contribution in [3.05, 3.63) is 0 Å². The molecule has 1 saturated carbocycles. The maximum absolute atomic E-state index is 11.5. The molecule has 8 heteroatoms. The molecule has 1 heterocycles. The average Bonchev–Trinajstić information content (AvgIpc) is 3.00. The van der Waals surface area contributed by atoms with Crippen molar-refractivity contribution in [2.24, 2.45) is 11.8 Å². The summed E-state index contributed by atoms with van der Waals surface area (Å²) in [7, 11) is -3.13. The van der Waals surface area contributed by atoms with E-state index in [0.717, 1.165) is 0 Å². The Morgan fingerprint density at radius 2 is 2.06 bits per heavy atom. The van der Waals surface area contributed by atoms with Crippen LogP contribution in [0.1, 0.15) is 12.8 Å². The predicted molar refractivity (Wildman–Crippen MR) is 62.2 cm³/mol. The van der Waals surface area contributed by atoms with Gasteiger partial charge in [-0.15, -0.1) is 0 Å². The van der Waals surface area contributed by atoms with Gasteiger partial charge in [-0.25, -0.2) is 12.7 Å². The maximum atomic E-state index is 11.5. The van der Waals surface area contributed by atoms with E-state index in [9.17, 15) is 18.0 Å². The van der Waals surface area contributed by atoms with Crippen molar-refractivity contribution >= 4 is 21.9 Å².